The van der Waals surface area contributed by atoms with Crippen molar-refractivity contribution in [3.63, 3.8) is 0 Å². The molecule has 0 radical (unpaired) electrons. The zero-order chi connectivity index (χ0) is 26.0. The van der Waals surface area contributed by atoms with Crippen LogP contribution in [0.5, 0.6) is 0 Å². The molecular weight excluding hydrogens is 497 g/mol. The number of anilines is 1. The standard InChI is InChI=1S/C28H23Cl2N3O3/c1-28(2,3)36-26(34)13-17-4-8-25(20(12-17)16-31)33-11-10-18-14-21(6-9-24(18)33)32-27(35)19-5-7-22(29)23(30)15-19/h4-12,14-15H,13H2,1-3H3,(H,32,35). The van der Waals surface area contributed by atoms with Gasteiger partial charge in [0.25, 0.3) is 5.91 Å². The second-order valence-corrected chi connectivity index (χ2v) is 10.1. The molecule has 1 amide bonds. The second-order valence-electron chi connectivity index (χ2n) is 9.27. The van der Waals surface area contributed by atoms with Gasteiger partial charge in [-0.1, -0.05) is 29.3 Å². The van der Waals surface area contributed by atoms with E-state index in [2.05, 4.69) is 11.4 Å². The van der Waals surface area contributed by atoms with Crippen molar-refractivity contribution in [2.45, 2.75) is 32.8 Å². The molecule has 1 heterocycles. The number of nitriles is 1. The van der Waals surface area contributed by atoms with E-state index in [1.54, 1.807) is 24.3 Å². The minimum absolute atomic E-state index is 0.0839. The Morgan fingerprint density at radius 2 is 1.78 bits per heavy atom. The summed E-state index contributed by atoms with van der Waals surface area (Å²) in [6, 6.07) is 19.7. The number of hydrogen-bond acceptors (Lipinski definition) is 4. The number of aromatic nitrogens is 1. The molecule has 6 nitrogen and oxygen atoms in total. The maximum Gasteiger partial charge on any atom is 0.310 e. The van der Waals surface area contributed by atoms with Crippen LogP contribution in [0.4, 0.5) is 5.69 Å². The first kappa shape index (κ1) is 25.3. The van der Waals surface area contributed by atoms with Crippen LogP contribution in [0.25, 0.3) is 16.6 Å². The number of esters is 1. The first-order chi connectivity index (χ1) is 17.0. The number of rotatable bonds is 5. The SMILES string of the molecule is CC(C)(C)OC(=O)Cc1ccc(-n2ccc3cc(NC(=O)c4ccc(Cl)c(Cl)c4)ccc32)c(C#N)c1. The van der Waals surface area contributed by atoms with E-state index in [9.17, 15) is 14.9 Å². The van der Waals surface area contributed by atoms with Gasteiger partial charge in [0.15, 0.2) is 0 Å². The van der Waals surface area contributed by atoms with E-state index in [4.69, 9.17) is 27.9 Å². The summed E-state index contributed by atoms with van der Waals surface area (Å²) in [4.78, 5) is 24.8. The Morgan fingerprint density at radius 1 is 1.00 bits per heavy atom. The third kappa shape index (κ3) is 5.71. The molecule has 4 rings (SSSR count). The molecule has 0 aliphatic heterocycles. The molecule has 0 atom stereocenters. The number of halogens is 2. The smallest absolute Gasteiger partial charge is 0.310 e. The molecule has 0 aliphatic rings. The molecule has 0 fully saturated rings. The van der Waals surface area contributed by atoms with Gasteiger partial charge >= 0.3 is 5.97 Å². The number of fused-ring (bicyclic) bond motifs is 1. The average Bonchev–Trinajstić information content (AvgIpc) is 3.22. The van der Waals surface area contributed by atoms with Gasteiger partial charge in [0.05, 0.1) is 33.2 Å². The summed E-state index contributed by atoms with van der Waals surface area (Å²) in [6.45, 7) is 5.45. The van der Waals surface area contributed by atoms with Crippen LogP contribution >= 0.6 is 23.2 Å². The first-order valence-electron chi connectivity index (χ1n) is 11.2. The zero-order valence-electron chi connectivity index (χ0n) is 19.9. The number of ether oxygens (including phenoxy) is 1. The van der Waals surface area contributed by atoms with Crippen molar-refractivity contribution in [3.05, 3.63) is 93.6 Å². The van der Waals surface area contributed by atoms with Gasteiger partial charge in [-0.3, -0.25) is 9.59 Å². The maximum absolute atomic E-state index is 12.6. The average molecular weight is 520 g/mol. The Hall–Kier alpha value is -3.79. The molecule has 0 saturated heterocycles. The molecule has 0 spiro atoms. The fourth-order valence-electron chi connectivity index (χ4n) is 3.81. The van der Waals surface area contributed by atoms with Crippen LogP contribution in [-0.4, -0.2) is 22.0 Å². The summed E-state index contributed by atoms with van der Waals surface area (Å²) in [5, 5.41) is 14.2. The van der Waals surface area contributed by atoms with Gasteiger partial charge in [-0.25, -0.2) is 0 Å². The molecule has 8 heteroatoms. The Balaban J connectivity index is 1.57. The minimum atomic E-state index is -0.570. The quantitative estimate of drug-likeness (QED) is 0.289. The van der Waals surface area contributed by atoms with Crippen molar-refractivity contribution in [1.29, 1.82) is 5.26 Å². The van der Waals surface area contributed by atoms with E-state index in [-0.39, 0.29) is 18.3 Å². The van der Waals surface area contributed by atoms with Crippen LogP contribution in [0, 0.1) is 11.3 Å². The summed E-state index contributed by atoms with van der Waals surface area (Å²) in [6.07, 6.45) is 1.94. The van der Waals surface area contributed by atoms with E-state index in [1.807, 2.05) is 61.9 Å². The van der Waals surface area contributed by atoms with Crippen LogP contribution in [0.15, 0.2) is 66.9 Å². The number of nitrogens with zero attached hydrogens (tertiary/aromatic N) is 2. The number of benzene rings is 3. The molecule has 0 unspecified atom stereocenters. The Bertz CT molecular complexity index is 1530. The Morgan fingerprint density at radius 3 is 2.47 bits per heavy atom. The molecule has 1 aromatic heterocycles. The van der Waals surface area contributed by atoms with E-state index >= 15 is 0 Å². The van der Waals surface area contributed by atoms with E-state index in [0.29, 0.717) is 38.1 Å². The summed E-state index contributed by atoms with van der Waals surface area (Å²) in [5.74, 6) is -0.652. The van der Waals surface area contributed by atoms with Crippen molar-refractivity contribution in [3.8, 4) is 11.8 Å². The molecule has 182 valence electrons. The number of carbonyl (C=O) groups excluding carboxylic acids is 2. The third-order valence-corrected chi connectivity index (χ3v) is 6.08. The molecule has 0 saturated carbocycles. The topological polar surface area (TPSA) is 84.1 Å². The Labute approximate surface area is 219 Å². The van der Waals surface area contributed by atoms with Gasteiger partial charge in [0.2, 0.25) is 0 Å². The fourth-order valence-corrected chi connectivity index (χ4v) is 4.11. The van der Waals surface area contributed by atoms with Crippen LogP contribution in [0.1, 0.15) is 42.3 Å². The first-order valence-corrected chi connectivity index (χ1v) is 11.9. The van der Waals surface area contributed by atoms with Gasteiger partial charge in [0, 0.05) is 22.8 Å². The number of carbonyl (C=O) groups is 2. The van der Waals surface area contributed by atoms with Crippen LogP contribution in [0.3, 0.4) is 0 Å². The monoisotopic (exact) mass is 519 g/mol. The van der Waals surface area contributed by atoms with Crippen LogP contribution in [0.2, 0.25) is 10.0 Å². The minimum Gasteiger partial charge on any atom is -0.460 e. The fraction of sp³-hybridized carbons (Fsp3) is 0.179. The zero-order valence-corrected chi connectivity index (χ0v) is 21.4. The van der Waals surface area contributed by atoms with E-state index in [0.717, 1.165) is 10.9 Å². The van der Waals surface area contributed by atoms with Crippen molar-refractivity contribution in [2.75, 3.05) is 5.32 Å². The predicted octanol–water partition coefficient (Wildman–Crippen LogP) is 6.95. The molecule has 36 heavy (non-hydrogen) atoms. The molecular formula is C28H23Cl2N3O3. The lowest BCUT2D eigenvalue weighted by Crippen LogP contribution is -2.24. The lowest BCUT2D eigenvalue weighted by atomic mass is 10.1. The highest BCUT2D eigenvalue weighted by molar-refractivity contribution is 6.42. The summed E-state index contributed by atoms with van der Waals surface area (Å²) >= 11 is 12.0. The largest absolute Gasteiger partial charge is 0.460 e. The number of hydrogen-bond donors (Lipinski definition) is 1. The summed E-state index contributed by atoms with van der Waals surface area (Å²) < 4.78 is 7.28. The maximum atomic E-state index is 12.6. The predicted molar refractivity (Wildman–Crippen MR) is 142 cm³/mol. The molecule has 0 bridgehead atoms. The van der Waals surface area contributed by atoms with Gasteiger partial charge in [-0.05, 0) is 80.9 Å². The lowest BCUT2D eigenvalue weighted by molar-refractivity contribution is -0.153. The van der Waals surface area contributed by atoms with Crippen molar-refractivity contribution in [2.24, 2.45) is 0 Å². The van der Waals surface area contributed by atoms with Gasteiger partial charge < -0.3 is 14.6 Å². The van der Waals surface area contributed by atoms with Crippen molar-refractivity contribution >= 4 is 51.7 Å². The summed E-state index contributed by atoms with van der Waals surface area (Å²) in [7, 11) is 0. The number of amides is 1. The van der Waals surface area contributed by atoms with Gasteiger partial charge in [0.1, 0.15) is 11.7 Å². The van der Waals surface area contributed by atoms with Crippen molar-refractivity contribution in [1.82, 2.24) is 4.57 Å². The van der Waals surface area contributed by atoms with Gasteiger partial charge in [-0.2, -0.15) is 5.26 Å². The highest BCUT2D eigenvalue weighted by Crippen LogP contribution is 2.27. The number of nitrogens with one attached hydrogen (secondary N) is 1. The summed E-state index contributed by atoms with van der Waals surface area (Å²) in [5.41, 5.74) is 3.13. The lowest BCUT2D eigenvalue weighted by Gasteiger charge is -2.19. The molecule has 3 aromatic carbocycles. The highest BCUT2D eigenvalue weighted by atomic mass is 35.5. The Kier molecular flexibility index (Phi) is 7.07. The van der Waals surface area contributed by atoms with Crippen molar-refractivity contribution < 1.29 is 14.3 Å². The van der Waals surface area contributed by atoms with Gasteiger partial charge in [-0.15, -0.1) is 0 Å². The van der Waals surface area contributed by atoms with E-state index in [1.165, 1.54) is 6.07 Å². The third-order valence-electron chi connectivity index (χ3n) is 5.34. The molecule has 1 N–H and O–H groups in total. The van der Waals surface area contributed by atoms with Crippen LogP contribution in [-0.2, 0) is 16.0 Å². The highest BCUT2D eigenvalue weighted by Gasteiger charge is 2.18. The normalized spacial score (nSPS) is 11.2. The molecule has 4 aromatic rings. The second kappa shape index (κ2) is 10.1. The van der Waals surface area contributed by atoms with Crippen LogP contribution < -0.4 is 5.32 Å². The van der Waals surface area contributed by atoms with E-state index < -0.39 is 5.60 Å². The molecule has 0 aliphatic carbocycles.